The fourth-order valence-electron chi connectivity index (χ4n) is 2.71. The van der Waals surface area contributed by atoms with Gasteiger partial charge in [0.15, 0.2) is 0 Å². The number of carbonyl (C=O) groups is 2. The number of hydrogen-bond donors (Lipinski definition) is 3. The highest BCUT2D eigenvalue weighted by Gasteiger charge is 2.26. The molecule has 0 radical (unpaired) electrons. The van der Waals surface area contributed by atoms with Crippen LogP contribution in [0, 0.1) is 11.8 Å². The molecule has 1 aliphatic rings. The number of hydrogen-bond acceptors (Lipinski definition) is 3. The number of amides is 2. The third-order valence-electron chi connectivity index (χ3n) is 4.06. The minimum atomic E-state index is -0.702. The molecule has 3 N–H and O–H groups in total. The SMILES string of the molecule is CC(NC(=O)NCC1CCC(C(=O)O)CC1)c1ccco1. The van der Waals surface area contributed by atoms with Gasteiger partial charge in [-0.25, -0.2) is 4.79 Å². The van der Waals surface area contributed by atoms with Crippen LogP contribution in [0.15, 0.2) is 22.8 Å². The highest BCUT2D eigenvalue weighted by molar-refractivity contribution is 5.74. The van der Waals surface area contributed by atoms with Crippen LogP contribution in [0.2, 0.25) is 0 Å². The minimum Gasteiger partial charge on any atom is -0.481 e. The van der Waals surface area contributed by atoms with Crippen molar-refractivity contribution in [3.05, 3.63) is 24.2 Å². The molecule has 2 amide bonds. The molecule has 6 nitrogen and oxygen atoms in total. The van der Waals surface area contributed by atoms with E-state index in [1.807, 2.05) is 13.0 Å². The molecule has 0 aliphatic heterocycles. The number of rotatable bonds is 5. The van der Waals surface area contributed by atoms with Crippen molar-refractivity contribution >= 4 is 12.0 Å². The summed E-state index contributed by atoms with van der Waals surface area (Å²) in [6, 6.07) is 3.20. The normalized spacial score (nSPS) is 23.3. The van der Waals surface area contributed by atoms with Gasteiger partial charge in [0, 0.05) is 6.54 Å². The van der Waals surface area contributed by atoms with Gasteiger partial charge in [-0.15, -0.1) is 0 Å². The van der Waals surface area contributed by atoms with E-state index in [0.717, 1.165) is 12.8 Å². The fraction of sp³-hybridized carbons (Fsp3) is 0.600. The summed E-state index contributed by atoms with van der Waals surface area (Å²) in [6.07, 6.45) is 4.68. The smallest absolute Gasteiger partial charge is 0.315 e. The Hall–Kier alpha value is -1.98. The van der Waals surface area contributed by atoms with Gasteiger partial charge in [0.1, 0.15) is 5.76 Å². The molecule has 0 bridgehead atoms. The molecule has 6 heteroatoms. The van der Waals surface area contributed by atoms with Crippen molar-refractivity contribution in [3.63, 3.8) is 0 Å². The molecule has 1 aromatic heterocycles. The Morgan fingerprint density at radius 3 is 2.67 bits per heavy atom. The van der Waals surface area contributed by atoms with Crippen molar-refractivity contribution in [2.45, 2.75) is 38.6 Å². The van der Waals surface area contributed by atoms with E-state index < -0.39 is 5.97 Å². The van der Waals surface area contributed by atoms with Gasteiger partial charge in [-0.3, -0.25) is 4.79 Å². The predicted molar refractivity (Wildman–Crippen MR) is 76.7 cm³/mol. The van der Waals surface area contributed by atoms with E-state index in [9.17, 15) is 9.59 Å². The molecular weight excluding hydrogens is 272 g/mol. The monoisotopic (exact) mass is 294 g/mol. The summed E-state index contributed by atoms with van der Waals surface area (Å²) in [5, 5.41) is 14.6. The lowest BCUT2D eigenvalue weighted by Gasteiger charge is -2.26. The van der Waals surface area contributed by atoms with Gasteiger partial charge in [0.25, 0.3) is 0 Å². The molecular formula is C15H22N2O4. The lowest BCUT2D eigenvalue weighted by atomic mass is 9.82. The van der Waals surface area contributed by atoms with Crippen LogP contribution < -0.4 is 10.6 Å². The van der Waals surface area contributed by atoms with Gasteiger partial charge in [-0.2, -0.15) is 0 Å². The van der Waals surface area contributed by atoms with E-state index in [1.165, 1.54) is 0 Å². The van der Waals surface area contributed by atoms with Gasteiger partial charge in [0.05, 0.1) is 18.2 Å². The van der Waals surface area contributed by atoms with Crippen molar-refractivity contribution in [2.75, 3.05) is 6.54 Å². The van der Waals surface area contributed by atoms with Crippen molar-refractivity contribution < 1.29 is 19.1 Å². The summed E-state index contributed by atoms with van der Waals surface area (Å²) in [6.45, 7) is 2.44. The third kappa shape index (κ3) is 4.51. The molecule has 1 aliphatic carbocycles. The Labute approximate surface area is 123 Å². The van der Waals surface area contributed by atoms with E-state index in [0.29, 0.717) is 31.1 Å². The van der Waals surface area contributed by atoms with E-state index in [1.54, 1.807) is 12.3 Å². The quantitative estimate of drug-likeness (QED) is 0.778. The van der Waals surface area contributed by atoms with E-state index in [4.69, 9.17) is 9.52 Å². The molecule has 2 rings (SSSR count). The number of furan rings is 1. The van der Waals surface area contributed by atoms with Crippen LogP contribution >= 0.6 is 0 Å². The third-order valence-corrected chi connectivity index (χ3v) is 4.06. The fourth-order valence-corrected chi connectivity index (χ4v) is 2.71. The zero-order valence-corrected chi connectivity index (χ0v) is 12.2. The summed E-state index contributed by atoms with van der Waals surface area (Å²) in [7, 11) is 0. The molecule has 1 unspecified atom stereocenters. The van der Waals surface area contributed by atoms with Crippen LogP contribution in [0.3, 0.4) is 0 Å². The molecule has 1 saturated carbocycles. The summed E-state index contributed by atoms with van der Waals surface area (Å²) < 4.78 is 5.23. The Morgan fingerprint density at radius 2 is 2.10 bits per heavy atom. The van der Waals surface area contributed by atoms with Gasteiger partial charge in [-0.05, 0) is 50.7 Å². The Bertz CT molecular complexity index is 464. The molecule has 0 aromatic carbocycles. The second kappa shape index (κ2) is 7.15. The average molecular weight is 294 g/mol. The molecule has 0 spiro atoms. The maximum absolute atomic E-state index is 11.8. The van der Waals surface area contributed by atoms with Gasteiger partial charge < -0.3 is 20.2 Å². The topological polar surface area (TPSA) is 91.6 Å². The number of urea groups is 1. The van der Waals surface area contributed by atoms with E-state index in [2.05, 4.69) is 10.6 Å². The predicted octanol–water partition coefficient (Wildman–Crippen LogP) is 2.53. The molecule has 1 fully saturated rings. The summed E-state index contributed by atoms with van der Waals surface area (Å²) in [5.41, 5.74) is 0. The van der Waals surface area contributed by atoms with Crippen molar-refractivity contribution in [2.24, 2.45) is 11.8 Å². The molecule has 116 valence electrons. The number of carboxylic acid groups (broad SMARTS) is 1. The Morgan fingerprint density at radius 1 is 1.38 bits per heavy atom. The van der Waals surface area contributed by atoms with Crippen LogP contribution in [0.25, 0.3) is 0 Å². The Kier molecular flexibility index (Phi) is 5.25. The summed E-state index contributed by atoms with van der Waals surface area (Å²) in [4.78, 5) is 22.7. The largest absolute Gasteiger partial charge is 0.481 e. The van der Waals surface area contributed by atoms with Crippen molar-refractivity contribution in [3.8, 4) is 0 Å². The maximum atomic E-state index is 11.8. The van der Waals surface area contributed by atoms with Crippen LogP contribution in [-0.4, -0.2) is 23.7 Å². The van der Waals surface area contributed by atoms with Gasteiger partial charge in [0.2, 0.25) is 0 Å². The lowest BCUT2D eigenvalue weighted by molar-refractivity contribution is -0.143. The first-order chi connectivity index (χ1) is 10.1. The number of carboxylic acids is 1. The highest BCUT2D eigenvalue weighted by Crippen LogP contribution is 2.28. The Balaban J connectivity index is 1.67. The first-order valence-electron chi connectivity index (χ1n) is 7.37. The standard InChI is InChI=1S/C15H22N2O4/c1-10(13-3-2-8-21-13)17-15(20)16-9-11-4-6-12(7-5-11)14(18)19/h2-3,8,10-12H,4-7,9H2,1H3,(H,18,19)(H2,16,17,20). The number of nitrogens with one attached hydrogen (secondary N) is 2. The first kappa shape index (κ1) is 15.4. The highest BCUT2D eigenvalue weighted by atomic mass is 16.4. The van der Waals surface area contributed by atoms with Crippen LogP contribution in [0.5, 0.6) is 0 Å². The maximum Gasteiger partial charge on any atom is 0.315 e. The minimum absolute atomic E-state index is 0.178. The lowest BCUT2D eigenvalue weighted by Crippen LogP contribution is -2.40. The summed E-state index contributed by atoms with van der Waals surface area (Å²) in [5.74, 6) is 0.165. The van der Waals surface area contributed by atoms with E-state index in [-0.39, 0.29) is 18.0 Å². The number of carbonyl (C=O) groups excluding carboxylic acids is 1. The first-order valence-corrected chi connectivity index (χ1v) is 7.37. The zero-order chi connectivity index (χ0) is 15.2. The van der Waals surface area contributed by atoms with Crippen molar-refractivity contribution in [1.29, 1.82) is 0 Å². The molecule has 1 atom stereocenters. The van der Waals surface area contributed by atoms with Crippen LogP contribution in [0.1, 0.15) is 44.4 Å². The number of aliphatic carboxylic acids is 1. The molecule has 0 saturated heterocycles. The zero-order valence-electron chi connectivity index (χ0n) is 12.2. The van der Waals surface area contributed by atoms with Gasteiger partial charge >= 0.3 is 12.0 Å². The molecule has 1 aromatic rings. The van der Waals surface area contributed by atoms with Crippen molar-refractivity contribution in [1.82, 2.24) is 10.6 Å². The molecule has 21 heavy (non-hydrogen) atoms. The molecule has 1 heterocycles. The van der Waals surface area contributed by atoms with Crippen LogP contribution in [-0.2, 0) is 4.79 Å². The average Bonchev–Trinajstić information content (AvgIpc) is 3.00. The van der Waals surface area contributed by atoms with Gasteiger partial charge in [-0.1, -0.05) is 0 Å². The van der Waals surface area contributed by atoms with E-state index >= 15 is 0 Å². The summed E-state index contributed by atoms with van der Waals surface area (Å²) >= 11 is 0. The second-order valence-electron chi connectivity index (χ2n) is 5.65. The van der Waals surface area contributed by atoms with Crippen LogP contribution in [0.4, 0.5) is 4.79 Å². The second-order valence-corrected chi connectivity index (χ2v) is 5.65.